The molecule has 0 spiro atoms. The van der Waals surface area contributed by atoms with Crippen molar-refractivity contribution < 1.29 is 4.79 Å². The van der Waals surface area contributed by atoms with Crippen LogP contribution in [-0.4, -0.2) is 51.4 Å². The minimum atomic E-state index is 0.0148. The summed E-state index contributed by atoms with van der Waals surface area (Å²) in [6.07, 6.45) is 3.64. The van der Waals surface area contributed by atoms with E-state index < -0.39 is 0 Å². The van der Waals surface area contributed by atoms with Crippen LogP contribution in [0.1, 0.15) is 16.2 Å². The smallest absolute Gasteiger partial charge is 0.274 e. The number of thiazole rings is 1. The fourth-order valence-electron chi connectivity index (χ4n) is 2.84. The van der Waals surface area contributed by atoms with Gasteiger partial charge in [0.15, 0.2) is 4.96 Å². The summed E-state index contributed by atoms with van der Waals surface area (Å²) in [5, 5.41) is 2.04. The van der Waals surface area contributed by atoms with Crippen molar-refractivity contribution >= 4 is 28.0 Å². The fraction of sp³-hybridized carbons (Fsp3) is 0.312. The molecule has 1 aliphatic rings. The number of carbonyl (C=O) groups is 1. The SMILES string of the molecule is Cc1csc2nc(C(=O)N3CCN(c4ccccn4)CC3)cn12. The van der Waals surface area contributed by atoms with Crippen LogP contribution >= 0.6 is 11.3 Å². The van der Waals surface area contributed by atoms with Crippen LogP contribution < -0.4 is 4.90 Å². The van der Waals surface area contributed by atoms with Crippen molar-refractivity contribution in [3.8, 4) is 0 Å². The number of nitrogens with zero attached hydrogens (tertiary/aromatic N) is 5. The molecule has 0 N–H and O–H groups in total. The van der Waals surface area contributed by atoms with Gasteiger partial charge in [-0.2, -0.15) is 0 Å². The van der Waals surface area contributed by atoms with Crippen molar-refractivity contribution in [3.05, 3.63) is 47.4 Å². The van der Waals surface area contributed by atoms with Gasteiger partial charge in [-0.05, 0) is 19.1 Å². The van der Waals surface area contributed by atoms with Crippen LogP contribution in [0.15, 0.2) is 36.0 Å². The number of rotatable bonds is 2. The van der Waals surface area contributed by atoms with Crippen molar-refractivity contribution in [1.29, 1.82) is 0 Å². The maximum atomic E-state index is 12.6. The number of anilines is 1. The van der Waals surface area contributed by atoms with Gasteiger partial charge < -0.3 is 9.80 Å². The number of piperazine rings is 1. The molecule has 0 aliphatic carbocycles. The quantitative estimate of drug-likeness (QED) is 0.723. The molecular weight excluding hydrogens is 310 g/mol. The van der Waals surface area contributed by atoms with Crippen molar-refractivity contribution in [1.82, 2.24) is 19.3 Å². The average molecular weight is 327 g/mol. The molecule has 0 unspecified atom stereocenters. The third-order valence-electron chi connectivity index (χ3n) is 4.15. The average Bonchev–Trinajstić information content (AvgIpc) is 3.18. The van der Waals surface area contributed by atoms with Gasteiger partial charge in [0.25, 0.3) is 5.91 Å². The Morgan fingerprint density at radius 3 is 2.74 bits per heavy atom. The van der Waals surface area contributed by atoms with Crippen molar-refractivity contribution in [3.63, 3.8) is 0 Å². The van der Waals surface area contributed by atoms with Gasteiger partial charge in [-0.1, -0.05) is 6.07 Å². The number of fused-ring (bicyclic) bond motifs is 1. The fourth-order valence-corrected chi connectivity index (χ4v) is 3.69. The lowest BCUT2D eigenvalue weighted by Crippen LogP contribution is -2.49. The van der Waals surface area contributed by atoms with Crippen molar-refractivity contribution in [2.24, 2.45) is 0 Å². The number of imidazole rings is 1. The number of carbonyl (C=O) groups excluding carboxylic acids is 1. The van der Waals surface area contributed by atoms with Gasteiger partial charge in [-0.3, -0.25) is 9.20 Å². The highest BCUT2D eigenvalue weighted by atomic mass is 32.1. The predicted octanol–water partition coefficient (Wildman–Crippen LogP) is 2.06. The molecule has 1 saturated heterocycles. The van der Waals surface area contributed by atoms with E-state index in [0.29, 0.717) is 18.8 Å². The molecule has 0 aromatic carbocycles. The van der Waals surface area contributed by atoms with Gasteiger partial charge in [-0.15, -0.1) is 11.3 Å². The van der Waals surface area contributed by atoms with E-state index in [2.05, 4.69) is 14.9 Å². The molecule has 0 saturated carbocycles. The van der Waals surface area contributed by atoms with Gasteiger partial charge in [0, 0.05) is 49.6 Å². The third kappa shape index (κ3) is 2.57. The molecule has 118 valence electrons. The molecular formula is C16H17N5OS. The summed E-state index contributed by atoms with van der Waals surface area (Å²) in [4.78, 5) is 26.4. The minimum absolute atomic E-state index is 0.0148. The van der Waals surface area contributed by atoms with Crippen LogP contribution in [0.5, 0.6) is 0 Å². The first-order valence-corrected chi connectivity index (χ1v) is 8.49. The molecule has 0 atom stereocenters. The molecule has 1 aliphatic heterocycles. The summed E-state index contributed by atoms with van der Waals surface area (Å²) in [7, 11) is 0. The van der Waals surface area contributed by atoms with Crippen LogP contribution in [0.4, 0.5) is 5.82 Å². The largest absolute Gasteiger partial charge is 0.353 e. The van der Waals surface area contributed by atoms with Gasteiger partial charge in [0.05, 0.1) is 0 Å². The number of aromatic nitrogens is 3. The van der Waals surface area contributed by atoms with Gasteiger partial charge in [-0.25, -0.2) is 9.97 Å². The minimum Gasteiger partial charge on any atom is -0.353 e. The van der Waals surface area contributed by atoms with Gasteiger partial charge >= 0.3 is 0 Å². The maximum Gasteiger partial charge on any atom is 0.274 e. The number of aryl methyl sites for hydroxylation is 1. The normalized spacial score (nSPS) is 15.3. The second-order valence-corrected chi connectivity index (χ2v) is 6.46. The molecule has 1 fully saturated rings. The summed E-state index contributed by atoms with van der Waals surface area (Å²) >= 11 is 1.56. The molecule has 1 amide bonds. The lowest BCUT2D eigenvalue weighted by Gasteiger charge is -2.35. The van der Waals surface area contributed by atoms with E-state index in [1.807, 2.05) is 46.0 Å². The lowest BCUT2D eigenvalue weighted by atomic mass is 10.2. The molecule has 6 nitrogen and oxygen atoms in total. The molecule has 3 aromatic rings. The Labute approximate surface area is 138 Å². The first-order chi connectivity index (χ1) is 11.2. The van der Waals surface area contributed by atoms with Gasteiger partial charge in [0.1, 0.15) is 11.5 Å². The zero-order valence-electron chi connectivity index (χ0n) is 12.8. The molecule has 3 aromatic heterocycles. The van der Waals surface area contributed by atoms with Crippen molar-refractivity contribution in [2.45, 2.75) is 6.92 Å². The lowest BCUT2D eigenvalue weighted by molar-refractivity contribution is 0.0741. The zero-order chi connectivity index (χ0) is 15.8. The monoisotopic (exact) mass is 327 g/mol. The summed E-state index contributed by atoms with van der Waals surface area (Å²) in [5.41, 5.74) is 1.64. The Morgan fingerprint density at radius 2 is 2.04 bits per heavy atom. The van der Waals surface area contributed by atoms with Crippen LogP contribution in [0, 0.1) is 6.92 Å². The van der Waals surface area contributed by atoms with Gasteiger partial charge in [0.2, 0.25) is 0 Å². The molecule has 23 heavy (non-hydrogen) atoms. The number of pyridine rings is 1. The predicted molar refractivity (Wildman–Crippen MR) is 90.2 cm³/mol. The summed E-state index contributed by atoms with van der Waals surface area (Å²) in [5.74, 6) is 0.985. The first-order valence-electron chi connectivity index (χ1n) is 7.61. The Bertz CT molecular complexity index is 833. The van der Waals surface area contributed by atoms with E-state index in [4.69, 9.17) is 0 Å². The molecule has 4 heterocycles. The Balaban J connectivity index is 1.46. The zero-order valence-corrected chi connectivity index (χ0v) is 13.7. The number of hydrogen-bond acceptors (Lipinski definition) is 5. The van der Waals surface area contributed by atoms with E-state index >= 15 is 0 Å². The van der Waals surface area contributed by atoms with E-state index in [0.717, 1.165) is 29.6 Å². The Morgan fingerprint density at radius 1 is 1.22 bits per heavy atom. The molecule has 0 radical (unpaired) electrons. The van der Waals surface area contributed by atoms with Crippen LogP contribution in [0.3, 0.4) is 0 Å². The summed E-state index contributed by atoms with van der Waals surface area (Å²) < 4.78 is 1.97. The second-order valence-electron chi connectivity index (χ2n) is 5.62. The summed E-state index contributed by atoms with van der Waals surface area (Å²) in [6.45, 7) is 5.00. The first kappa shape index (κ1) is 14.2. The van der Waals surface area contributed by atoms with Crippen LogP contribution in [0.2, 0.25) is 0 Å². The summed E-state index contributed by atoms with van der Waals surface area (Å²) in [6, 6.07) is 5.90. The highest BCUT2D eigenvalue weighted by molar-refractivity contribution is 7.15. The molecule has 4 rings (SSSR count). The standard InChI is InChI=1S/C16H17N5OS/c1-12-11-23-16-18-13(10-21(12)16)15(22)20-8-6-19(7-9-20)14-4-2-3-5-17-14/h2-5,10-11H,6-9H2,1H3. The number of amides is 1. The maximum absolute atomic E-state index is 12.6. The molecule has 7 heteroatoms. The number of hydrogen-bond donors (Lipinski definition) is 0. The van der Waals surface area contributed by atoms with Crippen molar-refractivity contribution in [2.75, 3.05) is 31.1 Å². The van der Waals surface area contributed by atoms with Crippen LogP contribution in [0.25, 0.3) is 4.96 Å². The van der Waals surface area contributed by atoms with E-state index in [-0.39, 0.29) is 5.91 Å². The highest BCUT2D eigenvalue weighted by Crippen LogP contribution is 2.18. The highest BCUT2D eigenvalue weighted by Gasteiger charge is 2.24. The van der Waals surface area contributed by atoms with E-state index in [1.165, 1.54) is 0 Å². The van der Waals surface area contributed by atoms with E-state index in [9.17, 15) is 4.79 Å². The Hall–Kier alpha value is -2.41. The third-order valence-corrected chi connectivity index (χ3v) is 5.11. The van der Waals surface area contributed by atoms with E-state index in [1.54, 1.807) is 17.5 Å². The second kappa shape index (κ2) is 5.66. The Kier molecular flexibility index (Phi) is 3.49. The van der Waals surface area contributed by atoms with Crippen LogP contribution in [-0.2, 0) is 0 Å². The molecule has 0 bridgehead atoms. The topological polar surface area (TPSA) is 53.7 Å².